The maximum absolute atomic E-state index is 12.7. The van der Waals surface area contributed by atoms with Gasteiger partial charge in [-0.1, -0.05) is 19.0 Å². The summed E-state index contributed by atoms with van der Waals surface area (Å²) in [4.78, 5) is 22.4. The number of aromatic nitrogens is 2. The van der Waals surface area contributed by atoms with Crippen molar-refractivity contribution in [2.24, 2.45) is 11.1 Å². The quantitative estimate of drug-likeness (QED) is 0.814. The molecule has 3 rings (SSSR count). The summed E-state index contributed by atoms with van der Waals surface area (Å²) in [5, 5.41) is 8.64. The normalized spacial score (nSPS) is 22.0. The van der Waals surface area contributed by atoms with Gasteiger partial charge in [0.15, 0.2) is 0 Å². The van der Waals surface area contributed by atoms with E-state index in [4.69, 9.17) is 4.84 Å². The Bertz CT molecular complexity index is 625. The summed E-state index contributed by atoms with van der Waals surface area (Å²) >= 11 is 0. The molecule has 1 aromatic heterocycles. The number of oxime groups is 1. The van der Waals surface area contributed by atoms with Crippen LogP contribution >= 0.6 is 0 Å². The molecule has 0 aliphatic carbocycles. The van der Waals surface area contributed by atoms with E-state index in [0.717, 1.165) is 57.1 Å². The second-order valence-electron chi connectivity index (χ2n) is 7.15. The largest absolute Gasteiger partial charge is 0.382 e. The van der Waals surface area contributed by atoms with Gasteiger partial charge >= 0.3 is 0 Å². The summed E-state index contributed by atoms with van der Waals surface area (Å²) in [5.41, 5.74) is 2.08. The highest BCUT2D eigenvalue weighted by Crippen LogP contribution is 2.19. The molecule has 7 heteroatoms. The first-order valence-corrected chi connectivity index (χ1v) is 9.33. The lowest BCUT2D eigenvalue weighted by Gasteiger charge is -2.23. The smallest absolute Gasteiger partial charge is 0.266 e. The van der Waals surface area contributed by atoms with Gasteiger partial charge in [0.1, 0.15) is 0 Å². The maximum Gasteiger partial charge on any atom is 0.266 e. The van der Waals surface area contributed by atoms with E-state index in [1.807, 2.05) is 15.8 Å². The van der Waals surface area contributed by atoms with Gasteiger partial charge in [-0.05, 0) is 25.3 Å². The van der Waals surface area contributed by atoms with Crippen LogP contribution in [0, 0.1) is 5.92 Å². The van der Waals surface area contributed by atoms with Crippen molar-refractivity contribution in [2.45, 2.75) is 52.8 Å². The molecule has 2 aliphatic rings. The van der Waals surface area contributed by atoms with Crippen molar-refractivity contribution in [3.8, 4) is 0 Å². The molecule has 0 spiro atoms. The van der Waals surface area contributed by atoms with Crippen LogP contribution in [0.3, 0.4) is 0 Å². The Morgan fingerprint density at radius 3 is 2.84 bits per heavy atom. The van der Waals surface area contributed by atoms with Crippen LogP contribution in [-0.4, -0.2) is 63.5 Å². The van der Waals surface area contributed by atoms with Crippen LogP contribution in [0.1, 0.15) is 39.3 Å². The molecule has 0 N–H and O–H groups in total. The molecule has 138 valence electrons. The van der Waals surface area contributed by atoms with Crippen molar-refractivity contribution >= 4 is 11.6 Å². The average molecular weight is 347 g/mol. The highest BCUT2D eigenvalue weighted by atomic mass is 16.6. The van der Waals surface area contributed by atoms with Crippen LogP contribution in [0.25, 0.3) is 0 Å². The molecule has 1 amide bonds. The number of rotatable bonds is 5. The molecule has 1 atom stereocenters. The molecule has 2 aliphatic heterocycles. The van der Waals surface area contributed by atoms with Gasteiger partial charge in [-0.2, -0.15) is 5.10 Å². The van der Waals surface area contributed by atoms with Gasteiger partial charge in [0.2, 0.25) is 6.10 Å². The standard InChI is InChI=1S/C18H29N5O2/c1-4-23-9-6-15(19-23)13-21-7-5-8-22(11-10-21)18(24)17-12-16(14(2)3)20-25-17/h6,9,14,17H,4-5,7-8,10-13H2,1-3H3. The van der Waals surface area contributed by atoms with Crippen LogP contribution in [0.4, 0.5) is 0 Å². The third-order valence-electron chi connectivity index (χ3n) is 4.94. The fraction of sp³-hybridized carbons (Fsp3) is 0.722. The van der Waals surface area contributed by atoms with Crippen LogP contribution in [-0.2, 0) is 22.7 Å². The fourth-order valence-electron chi connectivity index (χ4n) is 3.32. The fourth-order valence-corrected chi connectivity index (χ4v) is 3.32. The topological polar surface area (TPSA) is 63.0 Å². The second kappa shape index (κ2) is 7.99. The third-order valence-corrected chi connectivity index (χ3v) is 4.94. The van der Waals surface area contributed by atoms with Crippen molar-refractivity contribution in [2.75, 3.05) is 26.2 Å². The van der Waals surface area contributed by atoms with Crippen molar-refractivity contribution in [3.05, 3.63) is 18.0 Å². The number of carbonyl (C=O) groups excluding carboxylic acids is 1. The van der Waals surface area contributed by atoms with Crippen LogP contribution in [0.15, 0.2) is 17.4 Å². The molecule has 0 radical (unpaired) electrons. The van der Waals surface area contributed by atoms with E-state index >= 15 is 0 Å². The summed E-state index contributed by atoms with van der Waals surface area (Å²) in [5.74, 6) is 0.414. The Labute approximate surface area is 149 Å². The lowest BCUT2D eigenvalue weighted by Crippen LogP contribution is -2.41. The number of nitrogens with zero attached hydrogens (tertiary/aromatic N) is 5. The molecule has 0 bridgehead atoms. The van der Waals surface area contributed by atoms with E-state index in [-0.39, 0.29) is 5.91 Å². The molecule has 0 saturated carbocycles. The predicted molar refractivity (Wildman–Crippen MR) is 96.1 cm³/mol. The van der Waals surface area contributed by atoms with Crippen LogP contribution in [0.2, 0.25) is 0 Å². The molecule has 7 nitrogen and oxygen atoms in total. The monoisotopic (exact) mass is 347 g/mol. The molecule has 0 aromatic carbocycles. The number of hydrogen-bond acceptors (Lipinski definition) is 5. The van der Waals surface area contributed by atoms with Crippen molar-refractivity contribution < 1.29 is 9.63 Å². The van der Waals surface area contributed by atoms with E-state index < -0.39 is 6.10 Å². The highest BCUT2D eigenvalue weighted by Gasteiger charge is 2.33. The average Bonchev–Trinajstić information content (AvgIpc) is 3.20. The van der Waals surface area contributed by atoms with E-state index in [1.54, 1.807) is 0 Å². The highest BCUT2D eigenvalue weighted by molar-refractivity contribution is 5.93. The Kier molecular flexibility index (Phi) is 5.73. The van der Waals surface area contributed by atoms with Gasteiger partial charge in [0.25, 0.3) is 5.91 Å². The lowest BCUT2D eigenvalue weighted by molar-refractivity contribution is -0.141. The SMILES string of the molecule is CCn1ccc(CN2CCCN(C(=O)C3CC(C(C)C)=NO3)CC2)n1. The number of amides is 1. The summed E-state index contributed by atoms with van der Waals surface area (Å²) < 4.78 is 1.95. The summed E-state index contributed by atoms with van der Waals surface area (Å²) in [7, 11) is 0. The van der Waals surface area contributed by atoms with Gasteiger partial charge < -0.3 is 9.74 Å². The second-order valence-corrected chi connectivity index (χ2v) is 7.15. The minimum absolute atomic E-state index is 0.0801. The van der Waals surface area contributed by atoms with Gasteiger partial charge in [0, 0.05) is 51.9 Å². The first-order valence-electron chi connectivity index (χ1n) is 9.33. The predicted octanol–water partition coefficient (Wildman–Crippen LogP) is 1.74. The van der Waals surface area contributed by atoms with Crippen LogP contribution in [0.5, 0.6) is 0 Å². The van der Waals surface area contributed by atoms with E-state index in [1.165, 1.54) is 0 Å². The van der Waals surface area contributed by atoms with Gasteiger partial charge in [-0.15, -0.1) is 0 Å². The molecule has 1 fully saturated rings. The number of carbonyl (C=O) groups is 1. The molecule has 1 aromatic rings. The minimum Gasteiger partial charge on any atom is -0.382 e. The van der Waals surface area contributed by atoms with E-state index in [0.29, 0.717) is 12.3 Å². The first kappa shape index (κ1) is 17.9. The number of hydrogen-bond donors (Lipinski definition) is 0. The Morgan fingerprint density at radius 2 is 2.16 bits per heavy atom. The number of aryl methyl sites for hydroxylation is 1. The van der Waals surface area contributed by atoms with Gasteiger partial charge in [0.05, 0.1) is 11.4 Å². The minimum atomic E-state index is -0.427. The molecule has 3 heterocycles. The van der Waals surface area contributed by atoms with E-state index in [9.17, 15) is 4.79 Å². The van der Waals surface area contributed by atoms with Crippen molar-refractivity contribution in [3.63, 3.8) is 0 Å². The zero-order valence-electron chi connectivity index (χ0n) is 15.5. The maximum atomic E-state index is 12.7. The lowest BCUT2D eigenvalue weighted by atomic mass is 10.0. The van der Waals surface area contributed by atoms with E-state index in [2.05, 4.69) is 42.0 Å². The Hall–Kier alpha value is -1.89. The molecule has 1 saturated heterocycles. The Morgan fingerprint density at radius 1 is 1.32 bits per heavy atom. The Balaban J connectivity index is 1.50. The molecule has 25 heavy (non-hydrogen) atoms. The molecular formula is C18H29N5O2. The summed E-state index contributed by atoms with van der Waals surface area (Å²) in [6.45, 7) is 11.4. The first-order chi connectivity index (χ1) is 12.1. The molecule has 1 unspecified atom stereocenters. The summed E-state index contributed by atoms with van der Waals surface area (Å²) in [6.07, 6.45) is 3.20. The third kappa shape index (κ3) is 4.39. The van der Waals surface area contributed by atoms with Crippen LogP contribution < -0.4 is 0 Å². The zero-order valence-corrected chi connectivity index (χ0v) is 15.5. The van der Waals surface area contributed by atoms with Crippen molar-refractivity contribution in [1.29, 1.82) is 0 Å². The van der Waals surface area contributed by atoms with Gasteiger partial charge in [-0.3, -0.25) is 14.4 Å². The van der Waals surface area contributed by atoms with Crippen molar-refractivity contribution in [1.82, 2.24) is 19.6 Å². The summed E-state index contributed by atoms with van der Waals surface area (Å²) in [6, 6.07) is 2.08. The zero-order chi connectivity index (χ0) is 17.8. The van der Waals surface area contributed by atoms with Gasteiger partial charge in [-0.25, -0.2) is 0 Å². The molecular weight excluding hydrogens is 318 g/mol.